The molecule has 3 heteroatoms. The number of carbonyl (C=O) groups is 1. The van der Waals surface area contributed by atoms with E-state index in [1.54, 1.807) is 6.08 Å². The predicted octanol–water partition coefficient (Wildman–Crippen LogP) is 4.18. The molecule has 1 saturated heterocycles. The Kier molecular flexibility index (Phi) is 5.58. The molecule has 0 spiro atoms. The van der Waals surface area contributed by atoms with Crippen molar-refractivity contribution in [3.63, 3.8) is 0 Å². The third kappa shape index (κ3) is 5.12. The molecule has 1 fully saturated rings. The van der Waals surface area contributed by atoms with Crippen LogP contribution in [0.2, 0.25) is 0 Å². The zero-order valence-electron chi connectivity index (χ0n) is 13.5. The van der Waals surface area contributed by atoms with Crippen LogP contribution < -0.4 is 0 Å². The summed E-state index contributed by atoms with van der Waals surface area (Å²) >= 11 is 0. The van der Waals surface area contributed by atoms with E-state index in [1.807, 2.05) is 6.92 Å². The lowest BCUT2D eigenvalue weighted by molar-refractivity contribution is -0.151. The summed E-state index contributed by atoms with van der Waals surface area (Å²) in [5.41, 5.74) is 0.753. The van der Waals surface area contributed by atoms with Crippen LogP contribution in [0.3, 0.4) is 0 Å². The first-order valence-electron chi connectivity index (χ1n) is 7.35. The Bertz CT molecular complexity index is 395. The molecule has 0 aromatic carbocycles. The van der Waals surface area contributed by atoms with E-state index in [4.69, 9.17) is 9.47 Å². The molecule has 3 unspecified atom stereocenters. The molecule has 0 saturated carbocycles. The van der Waals surface area contributed by atoms with Crippen LogP contribution in [0.15, 0.2) is 24.3 Å². The minimum absolute atomic E-state index is 0.00967. The summed E-state index contributed by atoms with van der Waals surface area (Å²) in [6.45, 7) is 13.5. The number of rotatable bonds is 8. The van der Waals surface area contributed by atoms with E-state index in [-0.39, 0.29) is 17.7 Å². The van der Waals surface area contributed by atoms with Crippen molar-refractivity contribution in [3.05, 3.63) is 24.3 Å². The molecule has 3 atom stereocenters. The van der Waals surface area contributed by atoms with Crippen molar-refractivity contribution >= 4 is 5.97 Å². The smallest absolute Gasteiger partial charge is 0.303 e. The van der Waals surface area contributed by atoms with Crippen LogP contribution in [0.25, 0.3) is 0 Å². The molecule has 0 bridgehead atoms. The molecule has 0 amide bonds. The normalized spacial score (nSPS) is 27.4. The maximum atomic E-state index is 11.1. The summed E-state index contributed by atoms with van der Waals surface area (Å²) in [6.07, 6.45) is 7.95. The summed E-state index contributed by atoms with van der Waals surface area (Å²) in [5, 5.41) is 0. The number of ether oxygens (including phenoxy) is 2. The molecule has 20 heavy (non-hydrogen) atoms. The van der Waals surface area contributed by atoms with Crippen LogP contribution in [0.5, 0.6) is 0 Å². The van der Waals surface area contributed by atoms with Crippen molar-refractivity contribution in [2.45, 2.75) is 77.6 Å². The second-order valence-electron chi connectivity index (χ2n) is 6.39. The Labute approximate surface area is 123 Å². The number of epoxide rings is 1. The molecule has 0 aromatic heterocycles. The maximum Gasteiger partial charge on any atom is 0.303 e. The molecule has 0 aliphatic carbocycles. The Morgan fingerprint density at radius 1 is 1.45 bits per heavy atom. The van der Waals surface area contributed by atoms with Crippen LogP contribution in [-0.4, -0.2) is 23.3 Å². The molecule has 1 aliphatic rings. The average Bonchev–Trinajstić information content (AvgIpc) is 2.96. The van der Waals surface area contributed by atoms with E-state index in [0.717, 1.165) is 25.7 Å². The van der Waals surface area contributed by atoms with Gasteiger partial charge in [0.1, 0.15) is 5.60 Å². The lowest BCUT2D eigenvalue weighted by atomic mass is 9.93. The third-order valence-electron chi connectivity index (χ3n) is 3.94. The van der Waals surface area contributed by atoms with Crippen molar-refractivity contribution in [1.29, 1.82) is 0 Å². The molecule has 0 aromatic rings. The number of hydrogen-bond acceptors (Lipinski definition) is 3. The standard InChI is InChI=1S/C17H28O3/c1-7-16(5,19-14(4)18)12-10-15-17(6,20-15)11-8-9-13(2)3/h7,9,15H,1,8,10-12H2,2-6H3. The van der Waals surface area contributed by atoms with Gasteiger partial charge in [-0.25, -0.2) is 0 Å². The molecule has 1 heterocycles. The second kappa shape index (κ2) is 6.57. The zero-order valence-corrected chi connectivity index (χ0v) is 13.5. The van der Waals surface area contributed by atoms with Crippen molar-refractivity contribution in [2.24, 2.45) is 0 Å². The molecular formula is C17H28O3. The molecule has 3 nitrogen and oxygen atoms in total. The molecule has 114 valence electrons. The molecule has 0 radical (unpaired) electrons. The van der Waals surface area contributed by atoms with Gasteiger partial charge in [-0.05, 0) is 59.5 Å². The number of carbonyl (C=O) groups excluding carboxylic acids is 1. The Morgan fingerprint density at radius 2 is 2.10 bits per heavy atom. The van der Waals surface area contributed by atoms with Crippen LogP contribution >= 0.6 is 0 Å². The number of allylic oxidation sites excluding steroid dienone is 2. The van der Waals surface area contributed by atoms with E-state index in [1.165, 1.54) is 12.5 Å². The number of esters is 1. The lowest BCUT2D eigenvalue weighted by Gasteiger charge is -2.25. The Morgan fingerprint density at radius 3 is 2.60 bits per heavy atom. The fourth-order valence-corrected chi connectivity index (χ4v) is 2.46. The SMILES string of the molecule is C=CC(C)(CCC1OC1(C)CCC=C(C)C)OC(C)=O. The third-order valence-corrected chi connectivity index (χ3v) is 3.94. The van der Waals surface area contributed by atoms with Gasteiger partial charge in [-0.15, -0.1) is 0 Å². The van der Waals surface area contributed by atoms with E-state index in [9.17, 15) is 4.79 Å². The second-order valence-corrected chi connectivity index (χ2v) is 6.39. The van der Waals surface area contributed by atoms with Crippen LogP contribution in [0, 0.1) is 0 Å². The largest absolute Gasteiger partial charge is 0.455 e. The molecule has 0 N–H and O–H groups in total. The minimum Gasteiger partial charge on any atom is -0.455 e. The zero-order chi connectivity index (χ0) is 15.4. The van der Waals surface area contributed by atoms with Gasteiger partial charge < -0.3 is 9.47 Å². The monoisotopic (exact) mass is 280 g/mol. The first-order valence-corrected chi connectivity index (χ1v) is 7.35. The van der Waals surface area contributed by atoms with E-state index in [0.29, 0.717) is 0 Å². The van der Waals surface area contributed by atoms with Crippen molar-refractivity contribution < 1.29 is 14.3 Å². The Hall–Kier alpha value is -1.09. The van der Waals surface area contributed by atoms with Crippen LogP contribution in [-0.2, 0) is 14.3 Å². The Balaban J connectivity index is 2.38. The topological polar surface area (TPSA) is 38.8 Å². The minimum atomic E-state index is -0.585. The van der Waals surface area contributed by atoms with Gasteiger partial charge in [0, 0.05) is 6.92 Å². The van der Waals surface area contributed by atoms with Gasteiger partial charge in [0.15, 0.2) is 0 Å². The van der Waals surface area contributed by atoms with Gasteiger partial charge in [0.2, 0.25) is 0 Å². The first kappa shape index (κ1) is 17.0. The molecule has 1 aliphatic heterocycles. The summed E-state index contributed by atoms with van der Waals surface area (Å²) in [5.74, 6) is -0.268. The van der Waals surface area contributed by atoms with Gasteiger partial charge in [-0.1, -0.05) is 18.2 Å². The summed E-state index contributed by atoms with van der Waals surface area (Å²) in [4.78, 5) is 11.1. The molecule has 1 rings (SSSR count). The van der Waals surface area contributed by atoms with Gasteiger partial charge in [-0.3, -0.25) is 4.79 Å². The summed E-state index contributed by atoms with van der Waals surface area (Å²) < 4.78 is 11.2. The van der Waals surface area contributed by atoms with Crippen LogP contribution in [0.1, 0.15) is 60.3 Å². The fraction of sp³-hybridized carbons (Fsp3) is 0.706. The van der Waals surface area contributed by atoms with Gasteiger partial charge in [-0.2, -0.15) is 0 Å². The number of hydrogen-bond donors (Lipinski definition) is 0. The van der Waals surface area contributed by atoms with E-state index < -0.39 is 5.60 Å². The first-order chi connectivity index (χ1) is 9.21. The van der Waals surface area contributed by atoms with Gasteiger partial charge in [0.25, 0.3) is 0 Å². The van der Waals surface area contributed by atoms with Crippen LogP contribution in [0.4, 0.5) is 0 Å². The quantitative estimate of drug-likeness (QED) is 0.380. The summed E-state index contributed by atoms with van der Waals surface area (Å²) in [7, 11) is 0. The summed E-state index contributed by atoms with van der Waals surface area (Å²) in [6, 6.07) is 0. The highest BCUT2D eigenvalue weighted by Crippen LogP contribution is 2.44. The highest BCUT2D eigenvalue weighted by molar-refractivity contribution is 5.66. The fourth-order valence-electron chi connectivity index (χ4n) is 2.46. The van der Waals surface area contributed by atoms with Crippen molar-refractivity contribution in [1.82, 2.24) is 0 Å². The van der Waals surface area contributed by atoms with Crippen molar-refractivity contribution in [2.75, 3.05) is 0 Å². The van der Waals surface area contributed by atoms with Gasteiger partial charge in [0.05, 0.1) is 11.7 Å². The van der Waals surface area contributed by atoms with Gasteiger partial charge >= 0.3 is 5.97 Å². The van der Waals surface area contributed by atoms with E-state index >= 15 is 0 Å². The van der Waals surface area contributed by atoms with Crippen molar-refractivity contribution in [3.8, 4) is 0 Å². The van der Waals surface area contributed by atoms with E-state index in [2.05, 4.69) is 33.4 Å². The molecular weight excluding hydrogens is 252 g/mol. The highest BCUT2D eigenvalue weighted by atomic mass is 16.6. The lowest BCUT2D eigenvalue weighted by Crippen LogP contribution is -2.29. The average molecular weight is 280 g/mol. The highest BCUT2D eigenvalue weighted by Gasteiger charge is 2.51. The predicted molar refractivity (Wildman–Crippen MR) is 81.5 cm³/mol. The maximum absolute atomic E-state index is 11.1.